The van der Waals surface area contributed by atoms with E-state index in [0.29, 0.717) is 5.69 Å². The molecule has 0 aliphatic heterocycles. The SMILES string of the molecule is O=C(Nc1cccc(NC(=O)c2ccco2)c1)OCC(F)(F)F. The number of hydrogen-bond acceptors (Lipinski definition) is 4. The molecule has 0 bridgehead atoms. The Morgan fingerprint density at radius 2 is 1.78 bits per heavy atom. The van der Waals surface area contributed by atoms with E-state index in [2.05, 4.69) is 15.4 Å². The van der Waals surface area contributed by atoms with Gasteiger partial charge in [0.2, 0.25) is 0 Å². The summed E-state index contributed by atoms with van der Waals surface area (Å²) in [4.78, 5) is 23.0. The van der Waals surface area contributed by atoms with E-state index in [1.54, 1.807) is 6.07 Å². The lowest BCUT2D eigenvalue weighted by atomic mass is 10.2. The van der Waals surface area contributed by atoms with Gasteiger partial charge in [-0.2, -0.15) is 13.2 Å². The maximum atomic E-state index is 11.9. The first kappa shape index (κ1) is 16.4. The minimum absolute atomic E-state index is 0.0907. The molecule has 0 spiro atoms. The molecule has 1 heterocycles. The number of alkyl halides is 3. The molecule has 0 saturated heterocycles. The minimum Gasteiger partial charge on any atom is -0.459 e. The Labute approximate surface area is 128 Å². The van der Waals surface area contributed by atoms with Crippen LogP contribution in [0, 0.1) is 0 Å². The van der Waals surface area contributed by atoms with Gasteiger partial charge in [0.05, 0.1) is 6.26 Å². The van der Waals surface area contributed by atoms with Crippen LogP contribution in [0.2, 0.25) is 0 Å². The molecule has 0 radical (unpaired) electrons. The number of anilines is 2. The predicted molar refractivity (Wildman–Crippen MR) is 74.1 cm³/mol. The summed E-state index contributed by atoms with van der Waals surface area (Å²) < 4.78 is 44.7. The van der Waals surface area contributed by atoms with Gasteiger partial charge in [0.25, 0.3) is 5.91 Å². The van der Waals surface area contributed by atoms with Crippen molar-refractivity contribution >= 4 is 23.4 Å². The second kappa shape index (κ2) is 6.86. The summed E-state index contributed by atoms with van der Waals surface area (Å²) in [5.74, 6) is -0.417. The van der Waals surface area contributed by atoms with Gasteiger partial charge in [-0.1, -0.05) is 6.07 Å². The van der Waals surface area contributed by atoms with Crippen LogP contribution in [0.25, 0.3) is 0 Å². The molecule has 0 atom stereocenters. The summed E-state index contributed by atoms with van der Waals surface area (Å²) in [6.07, 6.45) is -4.52. The van der Waals surface area contributed by atoms with Gasteiger partial charge in [0, 0.05) is 11.4 Å². The fraction of sp³-hybridized carbons (Fsp3) is 0.143. The highest BCUT2D eigenvalue weighted by atomic mass is 19.4. The van der Waals surface area contributed by atoms with Crippen molar-refractivity contribution in [3.05, 3.63) is 48.4 Å². The summed E-state index contributed by atoms with van der Waals surface area (Å²) in [7, 11) is 0. The standard InChI is InChI=1S/C14H11F3N2O4/c15-14(16,17)8-23-13(21)19-10-4-1-3-9(7-10)18-12(20)11-5-2-6-22-11/h1-7H,8H2,(H,18,20)(H,19,21). The molecule has 1 aromatic heterocycles. The number of carbonyl (C=O) groups excluding carboxylic acids is 2. The van der Waals surface area contributed by atoms with Crippen molar-refractivity contribution in [1.82, 2.24) is 0 Å². The van der Waals surface area contributed by atoms with Crippen LogP contribution < -0.4 is 10.6 Å². The molecule has 122 valence electrons. The van der Waals surface area contributed by atoms with E-state index in [4.69, 9.17) is 4.42 Å². The average molecular weight is 328 g/mol. The number of rotatable bonds is 4. The van der Waals surface area contributed by atoms with Gasteiger partial charge in [-0.3, -0.25) is 10.1 Å². The first-order valence-corrected chi connectivity index (χ1v) is 6.29. The second-order valence-corrected chi connectivity index (χ2v) is 4.33. The quantitative estimate of drug-likeness (QED) is 0.898. The maximum absolute atomic E-state index is 11.9. The molecular formula is C14H11F3N2O4. The van der Waals surface area contributed by atoms with Gasteiger partial charge < -0.3 is 14.5 Å². The molecule has 6 nitrogen and oxygen atoms in total. The van der Waals surface area contributed by atoms with Crippen molar-refractivity contribution in [1.29, 1.82) is 0 Å². The lowest BCUT2D eigenvalue weighted by Gasteiger charge is -2.10. The van der Waals surface area contributed by atoms with Crippen LogP contribution in [0.1, 0.15) is 10.6 Å². The topological polar surface area (TPSA) is 80.6 Å². The van der Waals surface area contributed by atoms with Crippen LogP contribution in [0.4, 0.5) is 29.3 Å². The molecule has 2 rings (SSSR count). The Morgan fingerprint density at radius 1 is 1.09 bits per heavy atom. The van der Waals surface area contributed by atoms with Crippen LogP contribution in [-0.2, 0) is 4.74 Å². The largest absolute Gasteiger partial charge is 0.459 e. The van der Waals surface area contributed by atoms with Crippen LogP contribution in [0.3, 0.4) is 0 Å². The molecule has 2 N–H and O–H groups in total. The van der Waals surface area contributed by atoms with E-state index in [9.17, 15) is 22.8 Å². The minimum atomic E-state index is -4.60. The zero-order valence-electron chi connectivity index (χ0n) is 11.5. The number of amides is 2. The summed E-state index contributed by atoms with van der Waals surface area (Å²) in [6, 6.07) is 8.83. The number of halogens is 3. The zero-order chi connectivity index (χ0) is 16.9. The third-order valence-electron chi connectivity index (χ3n) is 2.48. The fourth-order valence-electron chi connectivity index (χ4n) is 1.58. The molecule has 0 aliphatic rings. The Morgan fingerprint density at radius 3 is 2.39 bits per heavy atom. The Balaban J connectivity index is 1.94. The van der Waals surface area contributed by atoms with Crippen LogP contribution >= 0.6 is 0 Å². The van der Waals surface area contributed by atoms with Gasteiger partial charge in [-0.15, -0.1) is 0 Å². The predicted octanol–water partition coefficient (Wildman–Crippen LogP) is 3.64. The molecular weight excluding hydrogens is 317 g/mol. The smallest absolute Gasteiger partial charge is 0.422 e. The lowest BCUT2D eigenvalue weighted by Crippen LogP contribution is -2.23. The molecule has 1 aromatic carbocycles. The monoisotopic (exact) mass is 328 g/mol. The number of benzene rings is 1. The van der Waals surface area contributed by atoms with Crippen molar-refractivity contribution in [3.63, 3.8) is 0 Å². The number of hydrogen-bond donors (Lipinski definition) is 2. The second-order valence-electron chi connectivity index (χ2n) is 4.33. The van der Waals surface area contributed by atoms with Crippen molar-refractivity contribution in [2.24, 2.45) is 0 Å². The zero-order valence-corrected chi connectivity index (χ0v) is 11.5. The Kier molecular flexibility index (Phi) is 4.89. The number of furan rings is 1. The third-order valence-corrected chi connectivity index (χ3v) is 2.48. The van der Waals surface area contributed by atoms with Crippen LogP contribution in [0.15, 0.2) is 47.1 Å². The van der Waals surface area contributed by atoms with E-state index in [1.807, 2.05) is 0 Å². The number of carbonyl (C=O) groups is 2. The molecule has 2 amide bonds. The highest BCUT2D eigenvalue weighted by molar-refractivity contribution is 6.02. The van der Waals surface area contributed by atoms with E-state index >= 15 is 0 Å². The van der Waals surface area contributed by atoms with Crippen molar-refractivity contribution in [2.45, 2.75) is 6.18 Å². The van der Waals surface area contributed by atoms with Crippen LogP contribution in [0.5, 0.6) is 0 Å². The normalized spacial score (nSPS) is 10.9. The van der Waals surface area contributed by atoms with Crippen molar-refractivity contribution in [3.8, 4) is 0 Å². The van der Waals surface area contributed by atoms with Gasteiger partial charge in [-0.25, -0.2) is 4.79 Å². The van der Waals surface area contributed by atoms with E-state index in [-0.39, 0.29) is 11.4 Å². The van der Waals surface area contributed by atoms with E-state index in [1.165, 1.54) is 36.6 Å². The molecule has 23 heavy (non-hydrogen) atoms. The highest BCUT2D eigenvalue weighted by Gasteiger charge is 2.29. The summed E-state index contributed by atoms with van der Waals surface area (Å²) >= 11 is 0. The van der Waals surface area contributed by atoms with E-state index in [0.717, 1.165) is 0 Å². The van der Waals surface area contributed by atoms with E-state index < -0.39 is 24.8 Å². The summed E-state index contributed by atoms with van der Waals surface area (Å²) in [5.41, 5.74) is 0.481. The van der Waals surface area contributed by atoms with Gasteiger partial charge in [0.1, 0.15) is 0 Å². The van der Waals surface area contributed by atoms with Gasteiger partial charge >= 0.3 is 12.3 Å². The first-order valence-electron chi connectivity index (χ1n) is 6.29. The molecule has 0 unspecified atom stereocenters. The average Bonchev–Trinajstić information content (AvgIpc) is 2.99. The molecule has 9 heteroatoms. The van der Waals surface area contributed by atoms with Gasteiger partial charge in [0.15, 0.2) is 12.4 Å². The highest BCUT2D eigenvalue weighted by Crippen LogP contribution is 2.18. The summed E-state index contributed by atoms with van der Waals surface area (Å²) in [5, 5.41) is 4.64. The number of ether oxygens (including phenoxy) is 1. The molecule has 0 saturated carbocycles. The van der Waals surface area contributed by atoms with Crippen molar-refractivity contribution < 1.29 is 31.9 Å². The Hall–Kier alpha value is -2.97. The first-order chi connectivity index (χ1) is 10.8. The molecule has 2 aromatic rings. The number of nitrogens with one attached hydrogen (secondary N) is 2. The molecule has 0 aliphatic carbocycles. The summed E-state index contributed by atoms with van der Waals surface area (Å²) in [6.45, 7) is -1.69. The van der Waals surface area contributed by atoms with Gasteiger partial charge in [-0.05, 0) is 30.3 Å². The fourth-order valence-corrected chi connectivity index (χ4v) is 1.58. The molecule has 0 fully saturated rings. The lowest BCUT2D eigenvalue weighted by molar-refractivity contribution is -0.159. The van der Waals surface area contributed by atoms with Crippen LogP contribution in [-0.4, -0.2) is 24.8 Å². The third kappa shape index (κ3) is 5.38. The van der Waals surface area contributed by atoms with Crippen molar-refractivity contribution in [2.75, 3.05) is 17.2 Å². The maximum Gasteiger partial charge on any atom is 0.422 e. The Bertz CT molecular complexity index is 684.